The van der Waals surface area contributed by atoms with E-state index < -0.39 is 0 Å². The number of aromatic nitrogens is 2. The van der Waals surface area contributed by atoms with Crippen molar-refractivity contribution in [3.05, 3.63) is 11.8 Å². The zero-order valence-electron chi connectivity index (χ0n) is 11.4. The molecule has 1 aromatic rings. The van der Waals surface area contributed by atoms with Crippen molar-refractivity contribution in [2.45, 2.75) is 12.8 Å². The van der Waals surface area contributed by atoms with Gasteiger partial charge in [0.05, 0.1) is 13.2 Å². The van der Waals surface area contributed by atoms with Crippen LogP contribution in [-0.4, -0.2) is 60.2 Å². The summed E-state index contributed by atoms with van der Waals surface area (Å²) in [6, 6.07) is 0. The summed E-state index contributed by atoms with van der Waals surface area (Å²) in [4.78, 5) is 24.8. The second-order valence-electron chi connectivity index (χ2n) is 5.07. The Kier molecular flexibility index (Phi) is 3.68. The van der Waals surface area contributed by atoms with Crippen molar-refractivity contribution in [2.24, 2.45) is 0 Å². The van der Waals surface area contributed by atoms with Crippen LogP contribution in [0.25, 0.3) is 0 Å². The third kappa shape index (κ3) is 2.53. The third-order valence-corrected chi connectivity index (χ3v) is 3.72. The molecule has 2 aliphatic heterocycles. The molecule has 2 N–H and O–H groups in total. The molecule has 3 heterocycles. The predicted molar refractivity (Wildman–Crippen MR) is 74.6 cm³/mol. The molecule has 0 bridgehead atoms. The average Bonchev–Trinajstić information content (AvgIpc) is 3.01. The van der Waals surface area contributed by atoms with E-state index in [9.17, 15) is 4.79 Å². The van der Waals surface area contributed by atoms with Crippen LogP contribution in [0.2, 0.25) is 0 Å². The molecule has 3 rings (SSSR count). The topological polar surface area (TPSA) is 84.6 Å². The quantitative estimate of drug-likeness (QED) is 0.827. The van der Waals surface area contributed by atoms with Crippen LogP contribution >= 0.6 is 0 Å². The summed E-state index contributed by atoms with van der Waals surface area (Å²) >= 11 is 0. The molecule has 2 saturated heterocycles. The van der Waals surface area contributed by atoms with Crippen LogP contribution in [0, 0.1) is 0 Å². The Morgan fingerprint density at radius 1 is 1.20 bits per heavy atom. The van der Waals surface area contributed by atoms with Crippen LogP contribution in [0.3, 0.4) is 0 Å². The van der Waals surface area contributed by atoms with Gasteiger partial charge in [-0.15, -0.1) is 0 Å². The van der Waals surface area contributed by atoms with Gasteiger partial charge in [0, 0.05) is 32.4 Å². The maximum atomic E-state index is 12.3. The molecule has 1 aromatic heterocycles. The fourth-order valence-electron chi connectivity index (χ4n) is 2.56. The van der Waals surface area contributed by atoms with Crippen LogP contribution in [0.1, 0.15) is 23.2 Å². The number of amides is 1. The standard InChI is InChI=1S/C13H19N5O2/c14-11-10(12(19)17-5-7-20-8-6-17)9-15-13(16-11)18-3-1-2-4-18/h9H,1-8H2,(H2,14,15,16). The number of ether oxygens (including phenoxy) is 1. The Hall–Kier alpha value is -1.89. The highest BCUT2D eigenvalue weighted by Gasteiger charge is 2.23. The second kappa shape index (κ2) is 5.62. The number of nitrogens with zero attached hydrogens (tertiary/aromatic N) is 4. The largest absolute Gasteiger partial charge is 0.383 e. The Morgan fingerprint density at radius 2 is 1.90 bits per heavy atom. The van der Waals surface area contributed by atoms with Gasteiger partial charge in [-0.05, 0) is 12.8 Å². The molecule has 7 nitrogen and oxygen atoms in total. The molecule has 0 atom stereocenters. The van der Waals surface area contributed by atoms with Gasteiger partial charge in [0.15, 0.2) is 0 Å². The molecule has 0 aromatic carbocycles. The first-order valence-electron chi connectivity index (χ1n) is 7.00. The first kappa shape index (κ1) is 13.1. The van der Waals surface area contributed by atoms with E-state index in [4.69, 9.17) is 10.5 Å². The highest BCUT2D eigenvalue weighted by Crippen LogP contribution is 2.19. The zero-order valence-corrected chi connectivity index (χ0v) is 11.4. The van der Waals surface area contributed by atoms with Crippen molar-refractivity contribution in [1.29, 1.82) is 0 Å². The minimum Gasteiger partial charge on any atom is -0.383 e. The second-order valence-corrected chi connectivity index (χ2v) is 5.07. The normalized spacial score (nSPS) is 19.4. The lowest BCUT2D eigenvalue weighted by atomic mass is 10.2. The molecule has 0 radical (unpaired) electrons. The number of hydrogen-bond donors (Lipinski definition) is 1. The van der Waals surface area contributed by atoms with Crippen LogP contribution in [0.5, 0.6) is 0 Å². The Bertz CT molecular complexity index is 496. The van der Waals surface area contributed by atoms with Gasteiger partial charge in [-0.2, -0.15) is 4.98 Å². The fraction of sp³-hybridized carbons (Fsp3) is 0.615. The lowest BCUT2D eigenvalue weighted by Crippen LogP contribution is -2.41. The molecule has 2 aliphatic rings. The number of carbonyl (C=O) groups excluding carboxylic acids is 1. The lowest BCUT2D eigenvalue weighted by Gasteiger charge is -2.27. The highest BCUT2D eigenvalue weighted by atomic mass is 16.5. The first-order chi connectivity index (χ1) is 9.75. The minimum absolute atomic E-state index is 0.112. The van der Waals surface area contributed by atoms with E-state index in [0.29, 0.717) is 37.8 Å². The Morgan fingerprint density at radius 3 is 2.55 bits per heavy atom. The molecule has 108 valence electrons. The number of nitrogen functional groups attached to an aromatic ring is 1. The first-order valence-corrected chi connectivity index (χ1v) is 7.00. The van der Waals surface area contributed by atoms with E-state index in [1.165, 1.54) is 0 Å². The van der Waals surface area contributed by atoms with Crippen LogP contribution < -0.4 is 10.6 Å². The van der Waals surface area contributed by atoms with Gasteiger partial charge in [-0.25, -0.2) is 4.98 Å². The number of anilines is 2. The molecule has 20 heavy (non-hydrogen) atoms. The smallest absolute Gasteiger partial charge is 0.259 e. The summed E-state index contributed by atoms with van der Waals surface area (Å²) in [5, 5.41) is 0. The summed E-state index contributed by atoms with van der Waals surface area (Å²) in [5.74, 6) is 0.774. The van der Waals surface area contributed by atoms with Crippen molar-refractivity contribution < 1.29 is 9.53 Å². The van der Waals surface area contributed by atoms with E-state index in [1.807, 2.05) is 0 Å². The van der Waals surface area contributed by atoms with E-state index in [1.54, 1.807) is 11.1 Å². The summed E-state index contributed by atoms with van der Waals surface area (Å²) in [6.07, 6.45) is 3.85. The molecular weight excluding hydrogens is 258 g/mol. The molecule has 0 unspecified atom stereocenters. The molecule has 0 spiro atoms. The van der Waals surface area contributed by atoms with Gasteiger partial charge in [-0.1, -0.05) is 0 Å². The number of carbonyl (C=O) groups is 1. The molecule has 1 amide bonds. The van der Waals surface area contributed by atoms with E-state index in [0.717, 1.165) is 25.9 Å². The van der Waals surface area contributed by atoms with E-state index in [2.05, 4.69) is 14.9 Å². The van der Waals surface area contributed by atoms with Gasteiger partial charge in [0.25, 0.3) is 5.91 Å². The van der Waals surface area contributed by atoms with Gasteiger partial charge < -0.3 is 20.3 Å². The number of nitrogens with two attached hydrogens (primary N) is 1. The minimum atomic E-state index is -0.112. The fourth-order valence-corrected chi connectivity index (χ4v) is 2.56. The Labute approximate surface area is 117 Å². The summed E-state index contributed by atoms with van der Waals surface area (Å²) in [5.41, 5.74) is 6.32. The maximum Gasteiger partial charge on any atom is 0.259 e. The zero-order chi connectivity index (χ0) is 13.9. The van der Waals surface area contributed by atoms with Crippen molar-refractivity contribution in [2.75, 3.05) is 50.0 Å². The molecule has 0 saturated carbocycles. The average molecular weight is 277 g/mol. The van der Waals surface area contributed by atoms with Crippen LogP contribution in [0.15, 0.2) is 6.20 Å². The van der Waals surface area contributed by atoms with Crippen molar-refractivity contribution in [1.82, 2.24) is 14.9 Å². The molecule has 0 aliphatic carbocycles. The van der Waals surface area contributed by atoms with E-state index >= 15 is 0 Å². The number of rotatable bonds is 2. The maximum absolute atomic E-state index is 12.3. The summed E-state index contributed by atoms with van der Waals surface area (Å²) in [6.45, 7) is 4.22. The summed E-state index contributed by atoms with van der Waals surface area (Å²) in [7, 11) is 0. The Balaban J connectivity index is 1.77. The lowest BCUT2D eigenvalue weighted by molar-refractivity contribution is 0.0303. The van der Waals surface area contributed by atoms with E-state index in [-0.39, 0.29) is 11.7 Å². The summed E-state index contributed by atoms with van der Waals surface area (Å²) < 4.78 is 5.24. The third-order valence-electron chi connectivity index (χ3n) is 3.72. The number of morpholine rings is 1. The monoisotopic (exact) mass is 277 g/mol. The van der Waals surface area contributed by atoms with Gasteiger partial charge in [-0.3, -0.25) is 4.79 Å². The van der Waals surface area contributed by atoms with Gasteiger partial charge >= 0.3 is 0 Å². The van der Waals surface area contributed by atoms with Crippen molar-refractivity contribution in [3.63, 3.8) is 0 Å². The highest BCUT2D eigenvalue weighted by molar-refractivity contribution is 5.98. The predicted octanol–water partition coefficient (Wildman–Crippen LogP) is 0.131. The van der Waals surface area contributed by atoms with Crippen molar-refractivity contribution in [3.8, 4) is 0 Å². The molecule has 7 heteroatoms. The molecule has 2 fully saturated rings. The van der Waals surface area contributed by atoms with Crippen molar-refractivity contribution >= 4 is 17.7 Å². The SMILES string of the molecule is Nc1nc(N2CCCC2)ncc1C(=O)N1CCOCC1. The number of hydrogen-bond acceptors (Lipinski definition) is 6. The molecular formula is C13H19N5O2. The van der Waals surface area contributed by atoms with Crippen LogP contribution in [-0.2, 0) is 4.74 Å². The van der Waals surface area contributed by atoms with Gasteiger partial charge in [0.2, 0.25) is 5.95 Å². The van der Waals surface area contributed by atoms with Crippen LogP contribution in [0.4, 0.5) is 11.8 Å². The van der Waals surface area contributed by atoms with Gasteiger partial charge in [0.1, 0.15) is 11.4 Å².